The third-order valence-electron chi connectivity index (χ3n) is 8.35. The van der Waals surface area contributed by atoms with E-state index in [9.17, 15) is 4.79 Å². The van der Waals surface area contributed by atoms with Gasteiger partial charge in [-0.2, -0.15) is 0 Å². The highest BCUT2D eigenvalue weighted by molar-refractivity contribution is 5.95. The van der Waals surface area contributed by atoms with Crippen LogP contribution in [-0.2, 0) is 0 Å². The molecule has 1 heterocycles. The maximum absolute atomic E-state index is 15.1. The van der Waals surface area contributed by atoms with E-state index in [4.69, 9.17) is 4.74 Å². The summed E-state index contributed by atoms with van der Waals surface area (Å²) in [4.78, 5) is 14.8. The predicted molar refractivity (Wildman–Crippen MR) is 121 cm³/mol. The number of rotatable bonds is 5. The molecule has 3 atom stereocenters. The van der Waals surface area contributed by atoms with Gasteiger partial charge in [0.15, 0.2) is 0 Å². The van der Waals surface area contributed by atoms with Gasteiger partial charge in [0.2, 0.25) is 0 Å². The number of carbonyl (C=O) groups is 1. The average Bonchev–Trinajstić information content (AvgIpc) is 3.45. The Bertz CT molecular complexity index is 828. The van der Waals surface area contributed by atoms with E-state index in [2.05, 4.69) is 20.8 Å². The first-order valence-electron chi connectivity index (χ1n) is 12.6. The van der Waals surface area contributed by atoms with Crippen molar-refractivity contribution in [1.82, 2.24) is 4.90 Å². The number of hydrogen-bond donors (Lipinski definition) is 0. The fourth-order valence-corrected chi connectivity index (χ4v) is 7.18. The van der Waals surface area contributed by atoms with Gasteiger partial charge in [0.05, 0.1) is 12.2 Å². The van der Waals surface area contributed by atoms with Gasteiger partial charge in [0, 0.05) is 24.6 Å². The second-order valence-electron chi connectivity index (χ2n) is 11.7. The fourth-order valence-electron chi connectivity index (χ4n) is 7.18. The summed E-state index contributed by atoms with van der Waals surface area (Å²) in [6.45, 7) is 9.07. The normalized spacial score (nSPS) is 35.3. The number of benzene rings is 1. The van der Waals surface area contributed by atoms with Crippen LogP contribution in [0.1, 0.15) is 94.0 Å². The molecule has 5 rings (SSSR count). The van der Waals surface area contributed by atoms with Crippen LogP contribution in [0.5, 0.6) is 5.75 Å². The highest BCUT2D eigenvalue weighted by atomic mass is 19.1. The number of amides is 1. The molecule has 3 nitrogen and oxygen atoms in total. The fraction of sp³-hybridized carbons (Fsp3) is 0.741. The minimum Gasteiger partial charge on any atom is -0.493 e. The molecule has 2 bridgehead atoms. The number of ether oxygens (including phenoxy) is 1. The third-order valence-corrected chi connectivity index (χ3v) is 8.35. The van der Waals surface area contributed by atoms with Gasteiger partial charge < -0.3 is 9.64 Å². The zero-order valence-electron chi connectivity index (χ0n) is 19.5. The molecule has 1 aliphatic heterocycles. The van der Waals surface area contributed by atoms with Crippen LogP contribution in [0.2, 0.25) is 0 Å². The number of halogens is 1. The lowest BCUT2D eigenvalue weighted by Gasteiger charge is -2.49. The number of hydrogen-bond acceptors (Lipinski definition) is 2. The smallest absolute Gasteiger partial charge is 0.256 e. The zero-order valence-corrected chi connectivity index (χ0v) is 19.5. The predicted octanol–water partition coefficient (Wildman–Crippen LogP) is 6.42. The molecular formula is C27H38FNO2. The topological polar surface area (TPSA) is 29.5 Å². The molecule has 1 aromatic rings. The van der Waals surface area contributed by atoms with Gasteiger partial charge in [-0.1, -0.05) is 20.8 Å². The molecule has 31 heavy (non-hydrogen) atoms. The SMILES string of the molecule is CC1CCN(C(=O)c2cc(C3CC3)c(OCC34CC(C)CC(CC(C)C3)C4)cc2F)C1. The minimum absolute atomic E-state index is 0.154. The van der Waals surface area contributed by atoms with Crippen molar-refractivity contribution < 1.29 is 13.9 Å². The minimum atomic E-state index is -0.423. The largest absolute Gasteiger partial charge is 0.493 e. The van der Waals surface area contributed by atoms with E-state index >= 15 is 4.39 Å². The molecule has 3 aliphatic carbocycles. The first-order chi connectivity index (χ1) is 14.8. The first kappa shape index (κ1) is 21.3. The van der Waals surface area contributed by atoms with Crippen molar-refractivity contribution in [1.29, 1.82) is 0 Å². The molecule has 4 aliphatic rings. The summed E-state index contributed by atoms with van der Waals surface area (Å²) in [7, 11) is 0. The Morgan fingerprint density at radius 1 is 1.06 bits per heavy atom. The zero-order chi connectivity index (χ0) is 21.8. The molecular weight excluding hydrogens is 389 g/mol. The maximum Gasteiger partial charge on any atom is 0.256 e. The van der Waals surface area contributed by atoms with Crippen LogP contribution >= 0.6 is 0 Å². The second-order valence-corrected chi connectivity index (χ2v) is 11.7. The Morgan fingerprint density at radius 3 is 2.39 bits per heavy atom. The molecule has 3 saturated carbocycles. The first-order valence-corrected chi connectivity index (χ1v) is 12.6. The lowest BCUT2D eigenvalue weighted by atomic mass is 9.57. The summed E-state index contributed by atoms with van der Waals surface area (Å²) < 4.78 is 21.6. The average molecular weight is 428 g/mol. The Hall–Kier alpha value is -1.58. The van der Waals surface area contributed by atoms with Crippen LogP contribution in [0.15, 0.2) is 12.1 Å². The lowest BCUT2D eigenvalue weighted by Crippen LogP contribution is -2.43. The summed E-state index contributed by atoms with van der Waals surface area (Å²) >= 11 is 0. The summed E-state index contributed by atoms with van der Waals surface area (Å²) in [5, 5.41) is 0. The Morgan fingerprint density at radius 2 is 1.77 bits per heavy atom. The van der Waals surface area contributed by atoms with E-state index in [-0.39, 0.29) is 16.9 Å². The quantitative estimate of drug-likeness (QED) is 0.543. The van der Waals surface area contributed by atoms with Crippen molar-refractivity contribution >= 4 is 5.91 Å². The van der Waals surface area contributed by atoms with Crippen LogP contribution in [0.4, 0.5) is 4.39 Å². The van der Waals surface area contributed by atoms with Crippen LogP contribution < -0.4 is 4.74 Å². The van der Waals surface area contributed by atoms with Crippen molar-refractivity contribution in [2.75, 3.05) is 19.7 Å². The van der Waals surface area contributed by atoms with E-state index in [1.807, 2.05) is 11.0 Å². The number of fused-ring (bicyclic) bond motifs is 2. The van der Waals surface area contributed by atoms with E-state index < -0.39 is 5.82 Å². The Kier molecular flexibility index (Phi) is 5.55. The Balaban J connectivity index is 1.37. The van der Waals surface area contributed by atoms with Gasteiger partial charge in [-0.3, -0.25) is 4.79 Å². The Labute approximate surface area is 186 Å². The van der Waals surface area contributed by atoms with Crippen LogP contribution in [0, 0.1) is 34.9 Å². The summed E-state index contributed by atoms with van der Waals surface area (Å²) in [5.74, 6) is 3.34. The van der Waals surface area contributed by atoms with Crippen LogP contribution in [0.25, 0.3) is 0 Å². The van der Waals surface area contributed by atoms with Crippen LogP contribution in [-0.4, -0.2) is 30.5 Å². The summed E-state index contributed by atoms with van der Waals surface area (Å²) in [6, 6.07) is 3.34. The van der Waals surface area contributed by atoms with Crippen molar-refractivity contribution in [3.05, 3.63) is 29.1 Å². The van der Waals surface area contributed by atoms with Gasteiger partial charge in [0.25, 0.3) is 5.91 Å². The lowest BCUT2D eigenvalue weighted by molar-refractivity contribution is -0.0167. The highest BCUT2D eigenvalue weighted by Gasteiger charge is 2.45. The van der Waals surface area contributed by atoms with Gasteiger partial charge >= 0.3 is 0 Å². The molecule has 0 aromatic heterocycles. The maximum atomic E-state index is 15.1. The molecule has 1 amide bonds. The molecule has 1 saturated heterocycles. The molecule has 170 valence electrons. The molecule has 1 aromatic carbocycles. The molecule has 4 fully saturated rings. The third kappa shape index (κ3) is 4.36. The molecule has 4 heteroatoms. The number of nitrogens with zero attached hydrogens (tertiary/aromatic N) is 1. The van der Waals surface area contributed by atoms with Crippen molar-refractivity contribution in [2.24, 2.45) is 29.1 Å². The van der Waals surface area contributed by atoms with Gasteiger partial charge in [0.1, 0.15) is 11.6 Å². The van der Waals surface area contributed by atoms with Crippen LogP contribution in [0.3, 0.4) is 0 Å². The van der Waals surface area contributed by atoms with Crippen molar-refractivity contribution in [3.63, 3.8) is 0 Å². The van der Waals surface area contributed by atoms with Gasteiger partial charge in [-0.05, 0) is 92.6 Å². The number of carbonyl (C=O) groups excluding carboxylic acids is 1. The van der Waals surface area contributed by atoms with Gasteiger partial charge in [-0.25, -0.2) is 4.39 Å². The number of likely N-dealkylation sites (tertiary alicyclic amines) is 1. The molecule has 0 spiro atoms. The highest BCUT2D eigenvalue weighted by Crippen LogP contribution is 2.53. The van der Waals surface area contributed by atoms with Gasteiger partial charge in [-0.15, -0.1) is 0 Å². The molecule has 0 radical (unpaired) electrons. The van der Waals surface area contributed by atoms with E-state index in [0.29, 0.717) is 24.2 Å². The van der Waals surface area contributed by atoms with E-state index in [0.717, 1.165) is 55.7 Å². The van der Waals surface area contributed by atoms with E-state index in [1.54, 1.807) is 0 Å². The molecule has 0 N–H and O–H groups in total. The standard InChI is InChI=1S/C27H38FNO2/c1-17-6-7-29(15-17)26(30)23-10-22(21-4-5-21)25(11-24(23)28)31-16-27-12-18(2)8-20(14-27)9-19(3)13-27/h10-11,17-21H,4-9,12-16H2,1-3H3. The van der Waals surface area contributed by atoms with Crippen molar-refractivity contribution in [2.45, 2.75) is 78.1 Å². The summed E-state index contributed by atoms with van der Waals surface area (Å²) in [6.07, 6.45) is 9.61. The summed E-state index contributed by atoms with van der Waals surface area (Å²) in [5.41, 5.74) is 1.52. The molecule has 3 unspecified atom stereocenters. The second kappa shape index (κ2) is 8.08. The monoisotopic (exact) mass is 427 g/mol. The van der Waals surface area contributed by atoms with Crippen molar-refractivity contribution in [3.8, 4) is 5.75 Å². The van der Waals surface area contributed by atoms with E-state index in [1.165, 1.54) is 38.2 Å².